The summed E-state index contributed by atoms with van der Waals surface area (Å²) in [6, 6.07) is 9.47. The number of aryl methyl sites for hydroxylation is 2. The zero-order valence-corrected chi connectivity index (χ0v) is 15.0. The molecule has 0 aliphatic rings. The molecule has 3 aromatic rings. The summed E-state index contributed by atoms with van der Waals surface area (Å²) < 4.78 is 32.2. The number of aromatic nitrogens is 2. The normalized spacial score (nSPS) is 11.3. The molecule has 0 unspecified atom stereocenters. The quantitative estimate of drug-likeness (QED) is 0.699. The summed E-state index contributed by atoms with van der Waals surface area (Å²) in [7, 11) is -3.74. The molecular weight excluding hydrogens is 364 g/mol. The Morgan fingerprint density at radius 2 is 1.88 bits per heavy atom. The number of sulfonamides is 1. The van der Waals surface area contributed by atoms with E-state index in [2.05, 4.69) is 20.2 Å². The van der Waals surface area contributed by atoms with E-state index < -0.39 is 10.0 Å². The van der Waals surface area contributed by atoms with Gasteiger partial charge in [-0.15, -0.1) is 0 Å². The Bertz CT molecular complexity index is 1000. The van der Waals surface area contributed by atoms with Crippen LogP contribution in [0.2, 0.25) is 5.02 Å². The van der Waals surface area contributed by atoms with Crippen molar-refractivity contribution in [1.82, 2.24) is 10.1 Å². The lowest BCUT2D eigenvalue weighted by Crippen LogP contribution is -2.14. The first-order valence-corrected chi connectivity index (χ1v) is 9.15. The van der Waals surface area contributed by atoms with Gasteiger partial charge in [0.25, 0.3) is 10.0 Å². The second-order valence-corrected chi connectivity index (χ2v) is 7.49. The topological polar surface area (TPSA) is 97.1 Å². The molecule has 0 amide bonds. The second-order valence-electron chi connectivity index (χ2n) is 5.40. The van der Waals surface area contributed by atoms with E-state index in [1.807, 2.05) is 0 Å². The molecule has 130 valence electrons. The van der Waals surface area contributed by atoms with Crippen LogP contribution in [0.15, 0.2) is 52.0 Å². The zero-order chi connectivity index (χ0) is 18.0. The number of hydrogen-bond donors (Lipinski definition) is 2. The van der Waals surface area contributed by atoms with Gasteiger partial charge in [-0.3, -0.25) is 4.72 Å². The summed E-state index contributed by atoms with van der Waals surface area (Å²) in [5.74, 6) is 1.43. The van der Waals surface area contributed by atoms with Crippen LogP contribution < -0.4 is 10.0 Å². The molecule has 25 heavy (non-hydrogen) atoms. The van der Waals surface area contributed by atoms with Crippen molar-refractivity contribution in [3.63, 3.8) is 0 Å². The van der Waals surface area contributed by atoms with Crippen LogP contribution in [-0.4, -0.2) is 18.6 Å². The van der Waals surface area contributed by atoms with Crippen LogP contribution in [0.3, 0.4) is 0 Å². The highest BCUT2D eigenvalue weighted by Gasteiger charge is 2.15. The van der Waals surface area contributed by atoms with Crippen LogP contribution in [0.5, 0.6) is 0 Å². The summed E-state index contributed by atoms with van der Waals surface area (Å²) in [6.07, 6.45) is 1.50. The van der Waals surface area contributed by atoms with E-state index >= 15 is 0 Å². The lowest BCUT2D eigenvalue weighted by Gasteiger charge is -2.09. The van der Waals surface area contributed by atoms with Crippen molar-refractivity contribution >= 4 is 38.9 Å². The molecule has 0 fully saturated rings. The lowest BCUT2D eigenvalue weighted by molar-refractivity contribution is 0.400. The number of anilines is 3. The smallest absolute Gasteiger partial charge is 0.263 e. The molecule has 0 spiro atoms. The largest absolute Gasteiger partial charge is 0.360 e. The molecule has 0 aliphatic carbocycles. The van der Waals surface area contributed by atoms with E-state index in [0.717, 1.165) is 0 Å². The number of pyridine rings is 1. The van der Waals surface area contributed by atoms with E-state index in [4.69, 9.17) is 16.1 Å². The molecule has 7 nitrogen and oxygen atoms in total. The number of nitrogens with zero attached hydrogens (tertiary/aromatic N) is 2. The van der Waals surface area contributed by atoms with Gasteiger partial charge >= 0.3 is 0 Å². The van der Waals surface area contributed by atoms with E-state index in [1.165, 1.54) is 18.3 Å². The van der Waals surface area contributed by atoms with Crippen LogP contribution >= 0.6 is 11.6 Å². The molecule has 2 aromatic heterocycles. The summed E-state index contributed by atoms with van der Waals surface area (Å²) in [5, 5.41) is 7.32. The van der Waals surface area contributed by atoms with Crippen LogP contribution in [0.4, 0.5) is 17.3 Å². The molecule has 9 heteroatoms. The first-order chi connectivity index (χ1) is 11.8. The minimum atomic E-state index is -3.74. The standard InChI is InChI=1S/C16H15ClN4O3S/c1-10-7-13(4-5-14(10)17)25(22,23)21-15-6-3-12(9-18-15)19-16-8-11(2)24-20-16/h3-9H,1-2H3,(H,18,21)(H,19,20). The van der Waals surface area contributed by atoms with Crippen molar-refractivity contribution in [3.05, 3.63) is 58.9 Å². The Balaban J connectivity index is 1.74. The molecule has 1 aromatic carbocycles. The first kappa shape index (κ1) is 17.2. The second kappa shape index (κ2) is 6.73. The van der Waals surface area contributed by atoms with Crippen molar-refractivity contribution in [2.75, 3.05) is 10.0 Å². The van der Waals surface area contributed by atoms with Gasteiger partial charge in [-0.25, -0.2) is 13.4 Å². The summed E-state index contributed by atoms with van der Waals surface area (Å²) >= 11 is 5.93. The summed E-state index contributed by atoms with van der Waals surface area (Å²) in [6.45, 7) is 3.53. The average Bonchev–Trinajstić information content (AvgIpc) is 2.96. The Morgan fingerprint density at radius 1 is 1.08 bits per heavy atom. The summed E-state index contributed by atoms with van der Waals surface area (Å²) in [5.41, 5.74) is 1.33. The van der Waals surface area contributed by atoms with E-state index in [9.17, 15) is 8.42 Å². The molecule has 0 bridgehead atoms. The Labute approximate surface area is 150 Å². The fourth-order valence-electron chi connectivity index (χ4n) is 2.08. The minimum absolute atomic E-state index is 0.122. The van der Waals surface area contributed by atoms with Crippen molar-refractivity contribution in [2.45, 2.75) is 18.7 Å². The molecule has 0 aliphatic heterocycles. The average molecular weight is 379 g/mol. The first-order valence-electron chi connectivity index (χ1n) is 7.29. The van der Waals surface area contributed by atoms with E-state index in [1.54, 1.807) is 38.1 Å². The number of benzene rings is 1. The monoisotopic (exact) mass is 378 g/mol. The van der Waals surface area contributed by atoms with Gasteiger partial charge in [0, 0.05) is 11.1 Å². The van der Waals surface area contributed by atoms with Crippen LogP contribution in [0, 0.1) is 13.8 Å². The Morgan fingerprint density at radius 3 is 2.48 bits per heavy atom. The molecule has 2 N–H and O–H groups in total. The van der Waals surface area contributed by atoms with Crippen molar-refractivity contribution in [1.29, 1.82) is 0 Å². The predicted molar refractivity (Wildman–Crippen MR) is 95.8 cm³/mol. The van der Waals surface area contributed by atoms with Gasteiger partial charge < -0.3 is 9.84 Å². The maximum absolute atomic E-state index is 12.4. The number of halogens is 1. The highest BCUT2D eigenvalue weighted by molar-refractivity contribution is 7.92. The van der Waals surface area contributed by atoms with Gasteiger partial charge in [-0.05, 0) is 49.7 Å². The van der Waals surface area contributed by atoms with E-state index in [0.29, 0.717) is 27.9 Å². The van der Waals surface area contributed by atoms with E-state index in [-0.39, 0.29) is 10.7 Å². The third kappa shape index (κ3) is 4.09. The molecular formula is C16H15ClN4O3S. The van der Waals surface area contributed by atoms with Crippen LogP contribution in [0.1, 0.15) is 11.3 Å². The third-order valence-electron chi connectivity index (χ3n) is 3.34. The Hall–Kier alpha value is -2.58. The van der Waals surface area contributed by atoms with Gasteiger partial charge in [0.05, 0.1) is 16.8 Å². The SMILES string of the molecule is Cc1cc(Nc2ccc(NS(=O)(=O)c3ccc(Cl)c(C)c3)nc2)no1. The summed E-state index contributed by atoms with van der Waals surface area (Å²) in [4.78, 5) is 4.22. The van der Waals surface area contributed by atoms with Crippen molar-refractivity contribution in [3.8, 4) is 0 Å². The Kier molecular flexibility index (Phi) is 4.65. The van der Waals surface area contributed by atoms with Gasteiger partial charge in [0.1, 0.15) is 11.6 Å². The van der Waals surface area contributed by atoms with Crippen molar-refractivity contribution in [2.24, 2.45) is 0 Å². The number of hydrogen-bond acceptors (Lipinski definition) is 6. The number of nitrogens with one attached hydrogen (secondary N) is 2. The molecule has 0 saturated carbocycles. The highest BCUT2D eigenvalue weighted by atomic mass is 35.5. The van der Waals surface area contributed by atoms with Gasteiger partial charge in [-0.2, -0.15) is 0 Å². The third-order valence-corrected chi connectivity index (χ3v) is 5.12. The minimum Gasteiger partial charge on any atom is -0.360 e. The predicted octanol–water partition coefficient (Wildman–Crippen LogP) is 3.88. The van der Waals surface area contributed by atoms with Gasteiger partial charge in [0.15, 0.2) is 5.82 Å². The number of rotatable bonds is 5. The van der Waals surface area contributed by atoms with Crippen LogP contribution in [-0.2, 0) is 10.0 Å². The molecule has 2 heterocycles. The maximum Gasteiger partial charge on any atom is 0.263 e. The fraction of sp³-hybridized carbons (Fsp3) is 0.125. The highest BCUT2D eigenvalue weighted by Crippen LogP contribution is 2.22. The molecule has 0 radical (unpaired) electrons. The zero-order valence-electron chi connectivity index (χ0n) is 13.4. The van der Waals surface area contributed by atoms with Gasteiger partial charge in [-0.1, -0.05) is 16.8 Å². The fourth-order valence-corrected chi connectivity index (χ4v) is 3.29. The molecule has 3 rings (SSSR count). The molecule has 0 saturated heterocycles. The lowest BCUT2D eigenvalue weighted by atomic mass is 10.2. The van der Waals surface area contributed by atoms with Crippen molar-refractivity contribution < 1.29 is 12.9 Å². The maximum atomic E-state index is 12.4. The van der Waals surface area contributed by atoms with Gasteiger partial charge in [0.2, 0.25) is 0 Å². The molecule has 0 atom stereocenters. The van der Waals surface area contributed by atoms with Crippen LogP contribution in [0.25, 0.3) is 0 Å².